The molecule has 1 heterocycles. The zero-order valence-corrected chi connectivity index (χ0v) is 11.5. The van der Waals surface area contributed by atoms with Gasteiger partial charge < -0.3 is 0 Å². The first-order chi connectivity index (χ1) is 9.15. The predicted octanol–water partition coefficient (Wildman–Crippen LogP) is 2.06. The maximum atomic E-state index is 11.7. The number of unbranched alkanes of at least 4 members (excludes halogenated alkanes) is 2. The molecule has 2 N–H and O–H groups in total. The number of hydrazine groups is 1. The summed E-state index contributed by atoms with van der Waals surface area (Å²) in [4.78, 5) is 27.2. The van der Waals surface area contributed by atoms with Crippen molar-refractivity contribution in [3.63, 3.8) is 0 Å². The van der Waals surface area contributed by atoms with Gasteiger partial charge in [0, 0.05) is 23.9 Å². The van der Waals surface area contributed by atoms with Gasteiger partial charge in [-0.25, -0.2) is 0 Å². The maximum absolute atomic E-state index is 11.7. The van der Waals surface area contributed by atoms with Crippen LogP contribution in [0.2, 0.25) is 0 Å². The number of hydrogen-bond donors (Lipinski definition) is 2. The van der Waals surface area contributed by atoms with E-state index < -0.39 is 0 Å². The van der Waals surface area contributed by atoms with Crippen LogP contribution in [0.15, 0.2) is 24.5 Å². The lowest BCUT2D eigenvalue weighted by Crippen LogP contribution is -2.44. The molecule has 0 aliphatic rings. The summed E-state index contributed by atoms with van der Waals surface area (Å²) in [6.45, 7) is 3.99. The molecule has 0 aliphatic heterocycles. The number of amides is 2. The molecule has 0 spiro atoms. The fourth-order valence-electron chi connectivity index (χ4n) is 1.65. The van der Waals surface area contributed by atoms with Gasteiger partial charge in [-0.15, -0.1) is 0 Å². The lowest BCUT2D eigenvalue weighted by Gasteiger charge is -2.12. The standard InChI is InChI=1S/C14H21N3O2/c1-3-4-5-6-11(2)13(18)16-17-14(19)12-7-9-15-10-8-12/h7-11H,3-6H2,1-2H3,(H,16,18)(H,17,19). The lowest BCUT2D eigenvalue weighted by atomic mass is 10.0. The monoisotopic (exact) mass is 263 g/mol. The SMILES string of the molecule is CCCCCC(C)C(=O)NNC(=O)c1ccncc1. The van der Waals surface area contributed by atoms with Crippen LogP contribution in [-0.2, 0) is 4.79 Å². The van der Waals surface area contributed by atoms with Crippen molar-refractivity contribution in [3.05, 3.63) is 30.1 Å². The van der Waals surface area contributed by atoms with E-state index in [9.17, 15) is 9.59 Å². The fourth-order valence-corrected chi connectivity index (χ4v) is 1.65. The second-order valence-electron chi connectivity index (χ2n) is 4.58. The average molecular weight is 263 g/mol. The molecule has 5 nitrogen and oxygen atoms in total. The Kier molecular flexibility index (Phi) is 6.57. The number of nitrogens with zero attached hydrogens (tertiary/aromatic N) is 1. The van der Waals surface area contributed by atoms with Crippen LogP contribution in [0.4, 0.5) is 0 Å². The van der Waals surface area contributed by atoms with E-state index in [0.717, 1.165) is 25.7 Å². The summed E-state index contributed by atoms with van der Waals surface area (Å²) in [6, 6.07) is 3.18. The van der Waals surface area contributed by atoms with Gasteiger partial charge >= 0.3 is 0 Å². The number of rotatable bonds is 6. The van der Waals surface area contributed by atoms with Crippen molar-refractivity contribution < 1.29 is 9.59 Å². The Bertz CT molecular complexity index is 406. The Hall–Kier alpha value is -1.91. The lowest BCUT2D eigenvalue weighted by molar-refractivity contribution is -0.125. The van der Waals surface area contributed by atoms with Crippen LogP contribution in [0.1, 0.15) is 49.9 Å². The van der Waals surface area contributed by atoms with E-state index in [1.54, 1.807) is 12.1 Å². The Morgan fingerprint density at radius 3 is 2.53 bits per heavy atom. The van der Waals surface area contributed by atoms with Gasteiger partial charge in [-0.2, -0.15) is 0 Å². The molecule has 0 aliphatic carbocycles. The van der Waals surface area contributed by atoms with E-state index in [4.69, 9.17) is 0 Å². The number of hydrogen-bond acceptors (Lipinski definition) is 3. The van der Waals surface area contributed by atoms with Gasteiger partial charge in [0.15, 0.2) is 0 Å². The highest BCUT2D eigenvalue weighted by Gasteiger charge is 2.13. The van der Waals surface area contributed by atoms with Gasteiger partial charge in [0.1, 0.15) is 0 Å². The van der Waals surface area contributed by atoms with Gasteiger partial charge in [-0.3, -0.25) is 25.4 Å². The first-order valence-corrected chi connectivity index (χ1v) is 6.65. The summed E-state index contributed by atoms with van der Waals surface area (Å²) in [5.41, 5.74) is 5.32. The molecule has 1 aromatic rings. The largest absolute Gasteiger partial charge is 0.273 e. The molecule has 0 aromatic carbocycles. The molecule has 2 amide bonds. The molecule has 1 unspecified atom stereocenters. The van der Waals surface area contributed by atoms with Crippen LogP contribution in [0.25, 0.3) is 0 Å². The Morgan fingerprint density at radius 1 is 1.21 bits per heavy atom. The Labute approximate surface area is 113 Å². The summed E-state index contributed by atoms with van der Waals surface area (Å²) in [7, 11) is 0. The van der Waals surface area contributed by atoms with Crippen LogP contribution >= 0.6 is 0 Å². The molecular formula is C14H21N3O2. The molecule has 0 saturated heterocycles. The van der Waals surface area contributed by atoms with Gasteiger partial charge in [-0.05, 0) is 18.6 Å². The maximum Gasteiger partial charge on any atom is 0.269 e. The average Bonchev–Trinajstić information content (AvgIpc) is 2.45. The zero-order valence-electron chi connectivity index (χ0n) is 11.5. The van der Waals surface area contributed by atoms with E-state index in [1.165, 1.54) is 12.4 Å². The van der Waals surface area contributed by atoms with Crippen LogP contribution in [0, 0.1) is 5.92 Å². The van der Waals surface area contributed by atoms with Crippen molar-refractivity contribution in [2.45, 2.75) is 39.5 Å². The van der Waals surface area contributed by atoms with Crippen molar-refractivity contribution in [2.24, 2.45) is 5.92 Å². The van der Waals surface area contributed by atoms with Crippen molar-refractivity contribution in [2.75, 3.05) is 0 Å². The number of carbonyl (C=O) groups is 2. The summed E-state index contributed by atoms with van der Waals surface area (Å²) in [5.74, 6) is -0.584. The minimum Gasteiger partial charge on any atom is -0.273 e. The highest BCUT2D eigenvalue weighted by molar-refractivity contribution is 5.95. The van der Waals surface area contributed by atoms with E-state index >= 15 is 0 Å². The van der Waals surface area contributed by atoms with Gasteiger partial charge in [0.2, 0.25) is 5.91 Å². The Morgan fingerprint density at radius 2 is 1.89 bits per heavy atom. The van der Waals surface area contributed by atoms with Crippen molar-refractivity contribution >= 4 is 11.8 Å². The molecule has 0 fully saturated rings. The van der Waals surface area contributed by atoms with Crippen molar-refractivity contribution in [1.29, 1.82) is 0 Å². The normalized spacial score (nSPS) is 11.7. The van der Waals surface area contributed by atoms with Crippen molar-refractivity contribution in [1.82, 2.24) is 15.8 Å². The van der Waals surface area contributed by atoms with E-state index in [-0.39, 0.29) is 17.7 Å². The molecule has 1 aromatic heterocycles. The summed E-state index contributed by atoms with van der Waals surface area (Å²) in [6.07, 6.45) is 7.19. The summed E-state index contributed by atoms with van der Waals surface area (Å²) in [5, 5.41) is 0. The topological polar surface area (TPSA) is 71.1 Å². The van der Waals surface area contributed by atoms with E-state index in [2.05, 4.69) is 22.8 Å². The minimum atomic E-state index is -0.337. The van der Waals surface area contributed by atoms with E-state index in [1.807, 2.05) is 6.92 Å². The van der Waals surface area contributed by atoms with E-state index in [0.29, 0.717) is 5.56 Å². The first kappa shape index (κ1) is 15.1. The number of aromatic nitrogens is 1. The second-order valence-corrected chi connectivity index (χ2v) is 4.58. The quantitative estimate of drug-likeness (QED) is 0.609. The molecule has 0 radical (unpaired) electrons. The van der Waals surface area contributed by atoms with Gasteiger partial charge in [0.25, 0.3) is 5.91 Å². The zero-order chi connectivity index (χ0) is 14.1. The van der Waals surface area contributed by atoms with Gasteiger partial charge in [-0.1, -0.05) is 33.1 Å². The Balaban J connectivity index is 2.32. The van der Waals surface area contributed by atoms with Crippen molar-refractivity contribution in [3.8, 4) is 0 Å². The molecular weight excluding hydrogens is 242 g/mol. The number of carbonyl (C=O) groups excluding carboxylic acids is 2. The molecule has 0 bridgehead atoms. The van der Waals surface area contributed by atoms with Gasteiger partial charge in [0.05, 0.1) is 0 Å². The van der Waals surface area contributed by atoms with Crippen LogP contribution in [0.5, 0.6) is 0 Å². The fraction of sp³-hybridized carbons (Fsp3) is 0.500. The second kappa shape index (κ2) is 8.24. The van der Waals surface area contributed by atoms with Crippen LogP contribution < -0.4 is 10.9 Å². The summed E-state index contributed by atoms with van der Waals surface area (Å²) >= 11 is 0. The minimum absolute atomic E-state index is 0.0932. The third-order valence-electron chi connectivity index (χ3n) is 2.93. The van der Waals surface area contributed by atoms with Crippen LogP contribution in [0.3, 0.4) is 0 Å². The first-order valence-electron chi connectivity index (χ1n) is 6.65. The highest BCUT2D eigenvalue weighted by atomic mass is 16.2. The van der Waals surface area contributed by atoms with Crippen LogP contribution in [-0.4, -0.2) is 16.8 Å². The number of nitrogens with one attached hydrogen (secondary N) is 2. The molecule has 5 heteroatoms. The third-order valence-corrected chi connectivity index (χ3v) is 2.93. The smallest absolute Gasteiger partial charge is 0.269 e. The molecule has 0 saturated carbocycles. The highest BCUT2D eigenvalue weighted by Crippen LogP contribution is 2.08. The molecule has 19 heavy (non-hydrogen) atoms. The molecule has 1 rings (SSSR count). The third kappa shape index (κ3) is 5.50. The summed E-state index contributed by atoms with van der Waals surface area (Å²) < 4.78 is 0. The number of pyridine rings is 1. The molecule has 1 atom stereocenters. The predicted molar refractivity (Wildman–Crippen MR) is 73.2 cm³/mol. The molecule has 104 valence electrons.